The molecule has 0 spiro atoms. The zero-order valence-corrected chi connectivity index (χ0v) is 11.1. The number of benzene rings is 2. The molecule has 0 bridgehead atoms. The summed E-state index contributed by atoms with van der Waals surface area (Å²) in [6.45, 7) is 0. The first-order valence-corrected chi connectivity index (χ1v) is 6.18. The second-order valence-corrected chi connectivity index (χ2v) is 4.61. The molecule has 2 aromatic carbocycles. The van der Waals surface area contributed by atoms with Crippen molar-refractivity contribution in [2.75, 3.05) is 5.32 Å². The van der Waals surface area contributed by atoms with E-state index < -0.39 is 15.8 Å². The van der Waals surface area contributed by atoms with Gasteiger partial charge in [0.2, 0.25) is 0 Å². The van der Waals surface area contributed by atoms with E-state index >= 15 is 0 Å². The standard InChI is InChI=1S/C14H11ClN2O3/c15-14(17(19)20,11-7-3-1-4-8-11)13(18)16-12-9-5-2-6-10-12/h1-10H,(H,16,18). The Morgan fingerprint density at radius 2 is 1.55 bits per heavy atom. The molecule has 20 heavy (non-hydrogen) atoms. The predicted octanol–water partition coefficient (Wildman–Crippen LogP) is 2.99. The Bertz CT molecular complexity index is 619. The lowest BCUT2D eigenvalue weighted by atomic mass is 10.1. The van der Waals surface area contributed by atoms with Gasteiger partial charge in [0.1, 0.15) is 0 Å². The SMILES string of the molecule is O=C(Nc1ccccc1)C(Cl)(c1ccccc1)[N+](=O)[O-]. The van der Waals surface area contributed by atoms with Crippen LogP contribution in [0.5, 0.6) is 0 Å². The number of hydrogen-bond donors (Lipinski definition) is 1. The average Bonchev–Trinajstić information content (AvgIpc) is 2.48. The van der Waals surface area contributed by atoms with E-state index in [-0.39, 0.29) is 5.56 Å². The quantitative estimate of drug-likeness (QED) is 0.407. The Morgan fingerprint density at radius 3 is 2.05 bits per heavy atom. The lowest BCUT2D eigenvalue weighted by molar-refractivity contribution is -0.532. The number of carbonyl (C=O) groups is 1. The molecule has 0 radical (unpaired) electrons. The number of nitrogens with one attached hydrogen (secondary N) is 1. The molecule has 0 saturated heterocycles. The third-order valence-electron chi connectivity index (χ3n) is 2.74. The number of carbonyl (C=O) groups excluding carboxylic acids is 1. The van der Waals surface area contributed by atoms with Gasteiger partial charge < -0.3 is 5.32 Å². The molecule has 0 fully saturated rings. The molecule has 2 rings (SSSR count). The fourth-order valence-corrected chi connectivity index (χ4v) is 1.89. The molecule has 0 aliphatic rings. The summed E-state index contributed by atoms with van der Waals surface area (Å²) in [7, 11) is 0. The molecule has 0 saturated carbocycles. The summed E-state index contributed by atoms with van der Waals surface area (Å²) in [5, 5.41) is 13.7. The molecule has 1 N–H and O–H groups in total. The summed E-state index contributed by atoms with van der Waals surface area (Å²) in [5.74, 6) is -0.901. The first-order chi connectivity index (χ1) is 9.55. The molecule has 5 nitrogen and oxygen atoms in total. The Hall–Kier alpha value is -2.40. The molecule has 0 heterocycles. The van der Waals surface area contributed by atoms with Crippen molar-refractivity contribution in [1.82, 2.24) is 0 Å². The summed E-state index contributed by atoms with van der Waals surface area (Å²) in [4.78, 5) is 20.3. The van der Waals surface area contributed by atoms with Crippen LogP contribution in [0.4, 0.5) is 5.69 Å². The molecule has 1 amide bonds. The minimum absolute atomic E-state index is 0.111. The highest BCUT2D eigenvalue weighted by molar-refractivity contribution is 6.35. The largest absolute Gasteiger partial charge is 0.397 e. The van der Waals surface area contributed by atoms with Crippen molar-refractivity contribution in [1.29, 1.82) is 0 Å². The number of nitrogens with zero attached hydrogens (tertiary/aromatic N) is 1. The van der Waals surface area contributed by atoms with E-state index in [1.165, 1.54) is 12.1 Å². The molecule has 0 aliphatic carbocycles. The normalized spacial score (nSPS) is 13.2. The summed E-state index contributed by atoms with van der Waals surface area (Å²) in [5.41, 5.74) is 0.556. The van der Waals surface area contributed by atoms with Gasteiger partial charge in [-0.15, -0.1) is 0 Å². The van der Waals surface area contributed by atoms with E-state index in [4.69, 9.17) is 11.6 Å². The van der Waals surface area contributed by atoms with Gasteiger partial charge in [-0.2, -0.15) is 0 Å². The minimum atomic E-state index is -2.35. The van der Waals surface area contributed by atoms with Crippen LogP contribution in [0.3, 0.4) is 0 Å². The van der Waals surface area contributed by atoms with Crippen LogP contribution >= 0.6 is 11.6 Å². The maximum Gasteiger partial charge on any atom is 0.397 e. The average molecular weight is 291 g/mol. The summed E-state index contributed by atoms with van der Waals surface area (Å²) < 4.78 is 0. The van der Waals surface area contributed by atoms with Crippen molar-refractivity contribution >= 4 is 23.2 Å². The van der Waals surface area contributed by atoms with Gasteiger partial charge in [0.25, 0.3) is 0 Å². The number of anilines is 1. The van der Waals surface area contributed by atoms with Crippen LogP contribution in [0.2, 0.25) is 0 Å². The highest BCUT2D eigenvalue weighted by Gasteiger charge is 2.51. The van der Waals surface area contributed by atoms with Crippen LogP contribution in [0.25, 0.3) is 0 Å². The van der Waals surface area contributed by atoms with E-state index in [2.05, 4.69) is 5.32 Å². The van der Waals surface area contributed by atoms with Crippen molar-refractivity contribution in [3.05, 3.63) is 76.3 Å². The molecule has 1 unspecified atom stereocenters. The minimum Gasteiger partial charge on any atom is -0.318 e. The van der Waals surface area contributed by atoms with Crippen LogP contribution in [-0.2, 0) is 9.79 Å². The smallest absolute Gasteiger partial charge is 0.318 e. The first kappa shape index (κ1) is 14.0. The molecular formula is C14H11ClN2O3. The van der Waals surface area contributed by atoms with Crippen LogP contribution in [0.1, 0.15) is 5.56 Å². The Morgan fingerprint density at radius 1 is 1.05 bits per heavy atom. The monoisotopic (exact) mass is 290 g/mol. The molecule has 2 aromatic rings. The van der Waals surface area contributed by atoms with Crippen molar-refractivity contribution in [3.8, 4) is 0 Å². The van der Waals surface area contributed by atoms with Gasteiger partial charge in [-0.3, -0.25) is 14.9 Å². The topological polar surface area (TPSA) is 72.2 Å². The maximum absolute atomic E-state index is 12.2. The number of halogens is 1. The second kappa shape index (κ2) is 5.71. The van der Waals surface area contributed by atoms with Crippen molar-refractivity contribution in [2.45, 2.75) is 5.00 Å². The van der Waals surface area contributed by atoms with Gasteiger partial charge in [-0.05, 0) is 35.9 Å². The van der Waals surface area contributed by atoms with Crippen LogP contribution in [0.15, 0.2) is 60.7 Å². The van der Waals surface area contributed by atoms with Gasteiger partial charge in [-0.25, -0.2) is 0 Å². The summed E-state index contributed by atoms with van der Waals surface area (Å²) in [6, 6.07) is 16.2. The van der Waals surface area contributed by atoms with Crippen molar-refractivity contribution < 1.29 is 9.72 Å². The van der Waals surface area contributed by atoms with Crippen LogP contribution < -0.4 is 5.32 Å². The lowest BCUT2D eigenvalue weighted by Gasteiger charge is -2.18. The number of alkyl halides is 1. The third kappa shape index (κ3) is 2.62. The van der Waals surface area contributed by atoms with Crippen molar-refractivity contribution in [3.63, 3.8) is 0 Å². The predicted molar refractivity (Wildman–Crippen MR) is 76.0 cm³/mol. The Labute approximate surface area is 120 Å². The Kier molecular flexibility index (Phi) is 4.00. The number of rotatable bonds is 4. The lowest BCUT2D eigenvalue weighted by Crippen LogP contribution is -2.42. The van der Waals surface area contributed by atoms with Gasteiger partial charge in [0.15, 0.2) is 0 Å². The van der Waals surface area contributed by atoms with Crippen molar-refractivity contribution in [2.24, 2.45) is 0 Å². The fraction of sp³-hybridized carbons (Fsp3) is 0.0714. The zero-order chi connectivity index (χ0) is 14.6. The summed E-state index contributed by atoms with van der Waals surface area (Å²) in [6.07, 6.45) is 0. The van der Waals surface area contributed by atoms with Crippen LogP contribution in [-0.4, -0.2) is 10.8 Å². The molecule has 6 heteroatoms. The second-order valence-electron chi connectivity index (χ2n) is 4.07. The van der Waals surface area contributed by atoms with E-state index in [0.29, 0.717) is 5.69 Å². The van der Waals surface area contributed by atoms with E-state index in [0.717, 1.165) is 0 Å². The number of para-hydroxylation sites is 1. The third-order valence-corrected chi connectivity index (χ3v) is 3.27. The number of hydrogen-bond acceptors (Lipinski definition) is 3. The summed E-state index contributed by atoms with van der Waals surface area (Å²) >= 11 is 5.99. The van der Waals surface area contributed by atoms with Gasteiger partial charge >= 0.3 is 10.9 Å². The van der Waals surface area contributed by atoms with Crippen LogP contribution in [0, 0.1) is 10.1 Å². The molecule has 102 valence electrons. The number of nitro groups is 1. The molecule has 0 aliphatic heterocycles. The van der Waals surface area contributed by atoms with E-state index in [1.807, 2.05) is 0 Å². The number of amides is 1. The Balaban J connectivity index is 2.34. The first-order valence-electron chi connectivity index (χ1n) is 5.80. The van der Waals surface area contributed by atoms with Gasteiger partial charge in [0.05, 0.1) is 10.5 Å². The molecule has 1 atom stereocenters. The highest BCUT2D eigenvalue weighted by atomic mass is 35.5. The van der Waals surface area contributed by atoms with E-state index in [1.54, 1.807) is 48.5 Å². The maximum atomic E-state index is 12.2. The zero-order valence-electron chi connectivity index (χ0n) is 10.3. The molecule has 0 aromatic heterocycles. The fourth-order valence-electron chi connectivity index (χ4n) is 1.71. The van der Waals surface area contributed by atoms with Gasteiger partial charge in [-0.1, -0.05) is 36.4 Å². The highest BCUT2D eigenvalue weighted by Crippen LogP contribution is 2.31. The van der Waals surface area contributed by atoms with E-state index in [9.17, 15) is 14.9 Å². The van der Waals surface area contributed by atoms with Gasteiger partial charge in [0, 0.05) is 5.69 Å². The molecular weight excluding hydrogens is 280 g/mol.